The lowest BCUT2D eigenvalue weighted by molar-refractivity contribution is 0.199. The molecule has 2 unspecified atom stereocenters. The van der Waals surface area contributed by atoms with Gasteiger partial charge in [-0.2, -0.15) is 0 Å². The van der Waals surface area contributed by atoms with E-state index >= 15 is 0 Å². The molecule has 0 radical (unpaired) electrons. The van der Waals surface area contributed by atoms with Crippen LogP contribution in [0.1, 0.15) is 0 Å². The molecule has 1 aromatic rings. The molecule has 8 heteroatoms. The van der Waals surface area contributed by atoms with Crippen LogP contribution in [0.2, 0.25) is 0 Å². The lowest BCUT2D eigenvalue weighted by Gasteiger charge is -2.16. The van der Waals surface area contributed by atoms with Crippen molar-refractivity contribution in [2.24, 2.45) is 5.73 Å². The minimum absolute atomic E-state index is 0.0504. The summed E-state index contributed by atoms with van der Waals surface area (Å²) >= 11 is 4.11. The molecular formula is C10H14FN3O2S2. The van der Waals surface area contributed by atoms with Gasteiger partial charge in [0.2, 0.25) is 5.88 Å². The van der Waals surface area contributed by atoms with Crippen molar-refractivity contribution in [2.45, 2.75) is 12.1 Å². The Labute approximate surface area is 114 Å². The maximum absolute atomic E-state index is 13.4. The Morgan fingerprint density at radius 3 is 2.94 bits per heavy atom. The standard InChI is InChI=1S/C10H14FN3O2S2/c1-15-10-7(11)2-6(3-13-10)16-9-5-14(18-17)4-8(9)12/h2-3,8-9,17H,4-5,12H2,1H3. The number of methoxy groups -OCH3 is 1. The molecule has 100 valence electrons. The molecule has 1 aliphatic heterocycles. The third kappa shape index (κ3) is 3.00. The SMILES string of the molecule is COc1ncc(OC2CN(SS)CC2N)cc1F. The van der Waals surface area contributed by atoms with Gasteiger partial charge in [0.25, 0.3) is 0 Å². The lowest BCUT2D eigenvalue weighted by atomic mass is 10.2. The van der Waals surface area contributed by atoms with E-state index in [-0.39, 0.29) is 18.0 Å². The van der Waals surface area contributed by atoms with Crippen molar-refractivity contribution in [1.82, 2.24) is 9.29 Å². The van der Waals surface area contributed by atoms with Gasteiger partial charge in [0.15, 0.2) is 5.82 Å². The average Bonchev–Trinajstić information content (AvgIpc) is 2.70. The number of hydrogen-bond donors (Lipinski definition) is 2. The number of nitrogens with zero attached hydrogens (tertiary/aromatic N) is 2. The van der Waals surface area contributed by atoms with E-state index < -0.39 is 5.82 Å². The molecule has 0 saturated carbocycles. The van der Waals surface area contributed by atoms with Crippen LogP contribution in [0.4, 0.5) is 4.39 Å². The second-order valence-corrected chi connectivity index (χ2v) is 5.08. The highest BCUT2D eigenvalue weighted by molar-refractivity contribution is 8.67. The van der Waals surface area contributed by atoms with E-state index in [1.54, 1.807) is 0 Å². The van der Waals surface area contributed by atoms with Crippen LogP contribution in [-0.2, 0) is 0 Å². The van der Waals surface area contributed by atoms with E-state index in [2.05, 4.69) is 16.6 Å². The number of ether oxygens (including phenoxy) is 2. The Morgan fingerprint density at radius 1 is 1.61 bits per heavy atom. The fraction of sp³-hybridized carbons (Fsp3) is 0.500. The zero-order valence-electron chi connectivity index (χ0n) is 9.75. The highest BCUT2D eigenvalue weighted by Crippen LogP contribution is 2.25. The van der Waals surface area contributed by atoms with Gasteiger partial charge < -0.3 is 15.2 Å². The zero-order valence-corrected chi connectivity index (χ0v) is 11.5. The molecule has 1 aromatic heterocycles. The summed E-state index contributed by atoms with van der Waals surface area (Å²) in [7, 11) is 2.68. The topological polar surface area (TPSA) is 60.6 Å². The molecule has 2 atom stereocenters. The van der Waals surface area contributed by atoms with Gasteiger partial charge in [0, 0.05) is 19.2 Å². The van der Waals surface area contributed by atoms with Crippen molar-refractivity contribution in [1.29, 1.82) is 0 Å². The maximum atomic E-state index is 13.4. The van der Waals surface area contributed by atoms with Crippen LogP contribution in [0.5, 0.6) is 11.6 Å². The second-order valence-electron chi connectivity index (χ2n) is 3.91. The van der Waals surface area contributed by atoms with Gasteiger partial charge in [-0.3, -0.25) is 0 Å². The number of hydrogen-bond acceptors (Lipinski definition) is 7. The van der Waals surface area contributed by atoms with Crippen molar-refractivity contribution >= 4 is 22.6 Å². The second kappa shape index (κ2) is 5.96. The fourth-order valence-corrected chi connectivity index (χ4v) is 2.60. The Morgan fingerprint density at radius 2 is 2.39 bits per heavy atom. The number of nitrogens with two attached hydrogens (primary N) is 1. The van der Waals surface area contributed by atoms with Crippen molar-refractivity contribution < 1.29 is 13.9 Å². The zero-order chi connectivity index (χ0) is 13.1. The van der Waals surface area contributed by atoms with Gasteiger partial charge in [-0.1, -0.05) is 11.7 Å². The molecule has 0 aromatic carbocycles. The highest BCUT2D eigenvalue weighted by Gasteiger charge is 2.32. The maximum Gasteiger partial charge on any atom is 0.250 e. The van der Waals surface area contributed by atoms with Crippen LogP contribution in [-0.4, -0.2) is 41.6 Å². The first kappa shape index (κ1) is 13.7. The van der Waals surface area contributed by atoms with E-state index in [1.807, 2.05) is 4.31 Å². The van der Waals surface area contributed by atoms with Crippen LogP contribution < -0.4 is 15.2 Å². The minimum Gasteiger partial charge on any atom is -0.486 e. The van der Waals surface area contributed by atoms with Gasteiger partial charge in [-0.05, 0) is 11.0 Å². The van der Waals surface area contributed by atoms with E-state index in [9.17, 15) is 4.39 Å². The molecule has 0 aliphatic carbocycles. The molecule has 1 saturated heterocycles. The van der Waals surface area contributed by atoms with Crippen molar-refractivity contribution in [3.63, 3.8) is 0 Å². The number of thiol groups is 1. The van der Waals surface area contributed by atoms with Gasteiger partial charge in [-0.25, -0.2) is 13.7 Å². The first-order valence-electron chi connectivity index (χ1n) is 5.32. The molecule has 1 fully saturated rings. The Bertz CT molecular complexity index is 424. The van der Waals surface area contributed by atoms with E-state index in [4.69, 9.17) is 15.2 Å². The molecule has 18 heavy (non-hydrogen) atoms. The monoisotopic (exact) mass is 291 g/mol. The molecule has 1 aliphatic rings. The molecule has 2 heterocycles. The van der Waals surface area contributed by atoms with Gasteiger partial charge >= 0.3 is 0 Å². The van der Waals surface area contributed by atoms with Crippen LogP contribution in [0.15, 0.2) is 12.3 Å². The number of pyridine rings is 1. The Kier molecular flexibility index (Phi) is 4.55. The summed E-state index contributed by atoms with van der Waals surface area (Å²) in [4.78, 5) is 3.81. The van der Waals surface area contributed by atoms with Crippen LogP contribution in [0.25, 0.3) is 0 Å². The smallest absolute Gasteiger partial charge is 0.250 e. The van der Waals surface area contributed by atoms with E-state index in [0.717, 1.165) is 0 Å². The highest BCUT2D eigenvalue weighted by atomic mass is 33.1. The number of rotatable bonds is 4. The van der Waals surface area contributed by atoms with Crippen molar-refractivity contribution in [3.8, 4) is 11.6 Å². The number of aromatic nitrogens is 1. The van der Waals surface area contributed by atoms with Crippen molar-refractivity contribution in [2.75, 3.05) is 20.2 Å². The fourth-order valence-electron chi connectivity index (χ4n) is 1.75. The summed E-state index contributed by atoms with van der Waals surface area (Å²) in [6, 6.07) is 1.12. The average molecular weight is 291 g/mol. The van der Waals surface area contributed by atoms with Crippen LogP contribution in [0.3, 0.4) is 0 Å². The first-order chi connectivity index (χ1) is 8.63. The van der Waals surface area contributed by atoms with Gasteiger partial charge in [-0.15, -0.1) is 0 Å². The quantitative estimate of drug-likeness (QED) is 0.492. The van der Waals surface area contributed by atoms with Gasteiger partial charge in [0.1, 0.15) is 11.9 Å². The Hall–Kier alpha value is -0.700. The Balaban J connectivity index is 2.03. The number of halogens is 1. The van der Waals surface area contributed by atoms with E-state index in [0.29, 0.717) is 18.8 Å². The summed E-state index contributed by atoms with van der Waals surface area (Å²) in [5.41, 5.74) is 5.93. The van der Waals surface area contributed by atoms with Crippen molar-refractivity contribution in [3.05, 3.63) is 18.1 Å². The summed E-state index contributed by atoms with van der Waals surface area (Å²) in [5, 5.41) is 0. The van der Waals surface area contributed by atoms with Gasteiger partial charge in [0.05, 0.1) is 19.3 Å². The van der Waals surface area contributed by atoms with Crippen LogP contribution in [0, 0.1) is 5.82 Å². The third-order valence-corrected chi connectivity index (χ3v) is 3.88. The summed E-state index contributed by atoms with van der Waals surface area (Å²) in [6.45, 7) is 1.33. The van der Waals surface area contributed by atoms with E-state index in [1.165, 1.54) is 30.4 Å². The minimum atomic E-state index is -0.554. The molecule has 0 amide bonds. The predicted molar refractivity (Wildman–Crippen MR) is 71.3 cm³/mol. The molecule has 0 spiro atoms. The lowest BCUT2D eigenvalue weighted by Crippen LogP contribution is -2.37. The molecular weight excluding hydrogens is 277 g/mol. The molecule has 5 nitrogen and oxygen atoms in total. The molecule has 2 rings (SSSR count). The normalized spacial score (nSPS) is 24.2. The summed E-state index contributed by atoms with van der Waals surface area (Å²) in [6.07, 6.45) is 1.23. The first-order valence-corrected chi connectivity index (χ1v) is 7.15. The largest absolute Gasteiger partial charge is 0.486 e. The van der Waals surface area contributed by atoms with Crippen LogP contribution >= 0.6 is 22.6 Å². The summed E-state index contributed by atoms with van der Waals surface area (Å²) < 4.78 is 25.8. The summed E-state index contributed by atoms with van der Waals surface area (Å²) in [5.74, 6) is -0.257. The molecule has 2 N–H and O–H groups in total. The molecule has 0 bridgehead atoms. The third-order valence-electron chi connectivity index (χ3n) is 2.65. The predicted octanol–water partition coefficient (Wildman–Crippen LogP) is 1.11.